The number of carbonyl (C=O) groups is 1. The largest absolute Gasteiger partial charge is 0.443 e. The highest BCUT2D eigenvalue weighted by molar-refractivity contribution is 7.57. The summed E-state index contributed by atoms with van der Waals surface area (Å²) in [6, 6.07) is 23.3. The Kier molecular flexibility index (Phi) is 5.55. The second-order valence-corrected chi connectivity index (χ2v) is 11.3. The van der Waals surface area contributed by atoms with Gasteiger partial charge in [-0.05, 0) is 24.3 Å². The van der Waals surface area contributed by atoms with E-state index in [1.165, 1.54) is 0 Å². The Morgan fingerprint density at radius 2 is 1.45 bits per heavy atom. The van der Waals surface area contributed by atoms with Crippen molar-refractivity contribution in [2.45, 2.75) is 0 Å². The van der Waals surface area contributed by atoms with Gasteiger partial charge in [-0.1, -0.05) is 42.5 Å². The van der Waals surface area contributed by atoms with Crippen LogP contribution in [0.1, 0.15) is 10.4 Å². The van der Waals surface area contributed by atoms with Crippen molar-refractivity contribution in [2.75, 3.05) is 44.4 Å². The maximum absolute atomic E-state index is 13.7. The summed E-state index contributed by atoms with van der Waals surface area (Å²) in [6.07, 6.45) is 0. The fourth-order valence-corrected chi connectivity index (χ4v) is 5.01. The van der Waals surface area contributed by atoms with Gasteiger partial charge in [-0.3, -0.25) is 9.36 Å². The number of anilines is 1. The molecular weight excluding hydrogens is 433 g/mol. The van der Waals surface area contributed by atoms with E-state index >= 15 is 0 Å². The highest BCUT2D eigenvalue weighted by atomic mass is 31.2. The molecule has 168 valence electrons. The van der Waals surface area contributed by atoms with Crippen LogP contribution < -0.4 is 9.42 Å². The lowest BCUT2D eigenvalue weighted by atomic mass is 10.0. The molecule has 33 heavy (non-hydrogen) atoms. The first kappa shape index (κ1) is 21.5. The molecule has 3 aromatic carbocycles. The predicted molar refractivity (Wildman–Crippen MR) is 134 cm³/mol. The van der Waals surface area contributed by atoms with Crippen LogP contribution in [0, 0.1) is 0 Å². The first-order chi connectivity index (χ1) is 15.9. The first-order valence-electron chi connectivity index (χ1n) is 11.1. The van der Waals surface area contributed by atoms with Crippen molar-refractivity contribution in [3.05, 3.63) is 78.4 Å². The number of piperazine rings is 1. The van der Waals surface area contributed by atoms with Crippen LogP contribution >= 0.6 is 7.37 Å². The third kappa shape index (κ3) is 4.44. The second kappa shape index (κ2) is 8.53. The van der Waals surface area contributed by atoms with Gasteiger partial charge in [0, 0.05) is 62.0 Å². The molecular formula is C26H26N3O3P. The molecule has 1 fully saturated rings. The number of pyridine rings is 1. The van der Waals surface area contributed by atoms with Crippen LogP contribution in [0.3, 0.4) is 0 Å². The van der Waals surface area contributed by atoms with E-state index in [4.69, 9.17) is 9.51 Å². The van der Waals surface area contributed by atoms with Crippen LogP contribution in [-0.4, -0.2) is 55.3 Å². The van der Waals surface area contributed by atoms with Crippen LogP contribution in [0.2, 0.25) is 0 Å². The zero-order valence-electron chi connectivity index (χ0n) is 18.8. The van der Waals surface area contributed by atoms with Crippen molar-refractivity contribution in [1.29, 1.82) is 0 Å². The number of nitrogens with zero attached hydrogens (tertiary/aromatic N) is 3. The number of amides is 1. The summed E-state index contributed by atoms with van der Waals surface area (Å²) in [4.78, 5) is 22.6. The number of aromatic nitrogens is 1. The van der Waals surface area contributed by atoms with E-state index in [1.54, 1.807) is 13.3 Å². The Hall–Kier alpha value is -3.37. The quantitative estimate of drug-likeness (QED) is 0.307. The molecule has 0 atom stereocenters. The van der Waals surface area contributed by atoms with E-state index in [0.29, 0.717) is 31.9 Å². The summed E-state index contributed by atoms with van der Waals surface area (Å²) < 4.78 is 17.6. The van der Waals surface area contributed by atoms with Crippen molar-refractivity contribution in [3.8, 4) is 5.75 Å². The zero-order valence-corrected chi connectivity index (χ0v) is 19.7. The fraction of sp³-hybridized carbons (Fsp3) is 0.231. The van der Waals surface area contributed by atoms with Gasteiger partial charge < -0.3 is 14.3 Å². The number of hydrogen-bond donors (Lipinski definition) is 0. The Bertz CT molecular complexity index is 1340. The standard InChI is InChI=1S/C26H26N3O3P/c1-33(2,31)32-20-9-7-8-19(18-20)28-14-16-29(17-15-28)26(30)25-21-10-3-5-12-23(21)27-24-13-6-4-11-22(24)25/h3-13,18H,14-17H2,1-2H3. The molecule has 0 unspecified atom stereocenters. The Morgan fingerprint density at radius 3 is 2.06 bits per heavy atom. The second-order valence-electron chi connectivity index (χ2n) is 8.64. The number of fused-ring (bicyclic) bond motifs is 2. The monoisotopic (exact) mass is 459 g/mol. The molecule has 1 amide bonds. The molecule has 1 saturated heterocycles. The molecule has 0 bridgehead atoms. The van der Waals surface area contributed by atoms with Crippen molar-refractivity contribution in [3.63, 3.8) is 0 Å². The Labute approximate surface area is 193 Å². The normalized spacial score (nSPS) is 14.6. The van der Waals surface area contributed by atoms with Gasteiger partial charge in [0.05, 0.1) is 16.6 Å². The predicted octanol–water partition coefficient (Wildman–Crippen LogP) is 5.27. The Balaban J connectivity index is 1.39. The van der Waals surface area contributed by atoms with Gasteiger partial charge in [-0.2, -0.15) is 0 Å². The number of hydrogen-bond acceptors (Lipinski definition) is 5. The molecule has 2 heterocycles. The van der Waals surface area contributed by atoms with Gasteiger partial charge in [-0.25, -0.2) is 4.98 Å². The average molecular weight is 459 g/mol. The Morgan fingerprint density at radius 1 is 0.848 bits per heavy atom. The molecule has 1 aliphatic heterocycles. The third-order valence-electron chi connectivity index (χ3n) is 5.88. The minimum atomic E-state index is -2.62. The highest BCUT2D eigenvalue weighted by Gasteiger charge is 2.26. The highest BCUT2D eigenvalue weighted by Crippen LogP contribution is 2.39. The molecule has 0 spiro atoms. The number of rotatable bonds is 4. The van der Waals surface area contributed by atoms with E-state index in [2.05, 4.69) is 4.90 Å². The zero-order chi connectivity index (χ0) is 23.0. The van der Waals surface area contributed by atoms with Crippen molar-refractivity contribution in [1.82, 2.24) is 9.88 Å². The van der Waals surface area contributed by atoms with E-state index < -0.39 is 7.37 Å². The summed E-state index contributed by atoms with van der Waals surface area (Å²) in [5, 5.41) is 1.77. The van der Waals surface area contributed by atoms with Gasteiger partial charge in [-0.15, -0.1) is 0 Å². The van der Waals surface area contributed by atoms with Crippen LogP contribution in [0.25, 0.3) is 21.8 Å². The molecule has 0 radical (unpaired) electrons. The molecule has 0 saturated carbocycles. The van der Waals surface area contributed by atoms with E-state index in [0.717, 1.165) is 33.1 Å². The SMILES string of the molecule is CP(C)(=O)Oc1cccc(N2CCN(C(=O)c3c4ccccc4nc4ccccc34)CC2)c1. The minimum Gasteiger partial charge on any atom is -0.443 e. The van der Waals surface area contributed by atoms with Gasteiger partial charge >= 0.3 is 0 Å². The number of benzene rings is 3. The summed E-state index contributed by atoms with van der Waals surface area (Å²) >= 11 is 0. The van der Waals surface area contributed by atoms with Gasteiger partial charge in [0.25, 0.3) is 5.91 Å². The molecule has 1 aliphatic rings. The topological polar surface area (TPSA) is 62.7 Å². The van der Waals surface area contributed by atoms with Crippen LogP contribution in [0.5, 0.6) is 5.75 Å². The molecule has 6 nitrogen and oxygen atoms in total. The number of carbonyl (C=O) groups excluding carboxylic acids is 1. The smallest absolute Gasteiger partial charge is 0.255 e. The molecule has 7 heteroatoms. The molecule has 1 aromatic heterocycles. The van der Waals surface area contributed by atoms with E-state index in [9.17, 15) is 9.36 Å². The van der Waals surface area contributed by atoms with Crippen LogP contribution in [0.4, 0.5) is 5.69 Å². The van der Waals surface area contributed by atoms with Crippen molar-refractivity contribution >= 4 is 40.8 Å². The van der Waals surface area contributed by atoms with Crippen LogP contribution in [0.15, 0.2) is 72.8 Å². The molecule has 0 aliphatic carbocycles. The van der Waals surface area contributed by atoms with Gasteiger partial charge in [0.15, 0.2) is 0 Å². The van der Waals surface area contributed by atoms with Gasteiger partial charge in [0.2, 0.25) is 7.37 Å². The summed E-state index contributed by atoms with van der Waals surface area (Å²) in [7, 11) is -2.62. The lowest BCUT2D eigenvalue weighted by Crippen LogP contribution is -2.48. The summed E-state index contributed by atoms with van der Waals surface area (Å²) in [6.45, 7) is 5.88. The summed E-state index contributed by atoms with van der Waals surface area (Å²) in [5.41, 5.74) is 3.40. The average Bonchev–Trinajstić information content (AvgIpc) is 2.81. The minimum absolute atomic E-state index is 0.0411. The molecule has 4 aromatic rings. The molecule has 0 N–H and O–H groups in total. The lowest BCUT2D eigenvalue weighted by molar-refractivity contribution is 0.0750. The first-order valence-corrected chi connectivity index (χ1v) is 13.6. The van der Waals surface area contributed by atoms with E-state index in [1.807, 2.05) is 77.7 Å². The van der Waals surface area contributed by atoms with Crippen molar-refractivity contribution < 1.29 is 13.9 Å². The third-order valence-corrected chi connectivity index (χ3v) is 6.53. The van der Waals surface area contributed by atoms with E-state index in [-0.39, 0.29) is 5.91 Å². The maximum atomic E-state index is 13.7. The summed E-state index contributed by atoms with van der Waals surface area (Å²) in [5.74, 6) is 0.647. The van der Waals surface area contributed by atoms with Crippen LogP contribution in [-0.2, 0) is 4.57 Å². The number of para-hydroxylation sites is 2. The lowest BCUT2D eigenvalue weighted by Gasteiger charge is -2.36. The van der Waals surface area contributed by atoms with Gasteiger partial charge in [0.1, 0.15) is 5.75 Å². The van der Waals surface area contributed by atoms with Crippen molar-refractivity contribution in [2.24, 2.45) is 0 Å². The fourth-order valence-electron chi connectivity index (χ4n) is 4.39. The maximum Gasteiger partial charge on any atom is 0.255 e. The molecule has 5 rings (SSSR count).